The number of nitrogens with one attached hydrogen (secondary N) is 1. The van der Waals surface area contributed by atoms with Crippen LogP contribution in [0.2, 0.25) is 0 Å². The molecule has 32 heavy (non-hydrogen) atoms. The number of rotatable bonds is 7. The van der Waals surface area contributed by atoms with Crippen molar-refractivity contribution in [3.05, 3.63) is 72.7 Å². The molecular weight excluding hydrogens is 408 g/mol. The van der Waals surface area contributed by atoms with E-state index >= 15 is 0 Å². The number of benzene rings is 2. The monoisotopic (exact) mass is 430 g/mol. The van der Waals surface area contributed by atoms with Gasteiger partial charge in [0.25, 0.3) is 0 Å². The topological polar surface area (TPSA) is 87.5 Å². The first-order valence-corrected chi connectivity index (χ1v) is 9.80. The molecule has 0 spiro atoms. The highest BCUT2D eigenvalue weighted by molar-refractivity contribution is 6.01. The van der Waals surface area contributed by atoms with Crippen LogP contribution in [0.15, 0.2) is 67.1 Å². The third-order valence-corrected chi connectivity index (χ3v) is 4.86. The van der Waals surface area contributed by atoms with Gasteiger partial charge in [-0.05, 0) is 41.3 Å². The third-order valence-electron chi connectivity index (χ3n) is 4.86. The first-order chi connectivity index (χ1) is 15.6. The Morgan fingerprint density at radius 3 is 2.44 bits per heavy atom. The number of anilines is 1. The highest BCUT2D eigenvalue weighted by Gasteiger charge is 2.12. The van der Waals surface area contributed by atoms with Gasteiger partial charge in [0.15, 0.2) is 11.5 Å². The van der Waals surface area contributed by atoms with Crippen molar-refractivity contribution in [2.75, 3.05) is 26.6 Å². The Bertz CT molecular complexity index is 1270. The van der Waals surface area contributed by atoms with Gasteiger partial charge >= 0.3 is 0 Å². The Morgan fingerprint density at radius 2 is 1.72 bits per heavy atom. The smallest absolute Gasteiger partial charge is 0.249 e. The van der Waals surface area contributed by atoms with E-state index in [0.717, 1.165) is 16.5 Å². The Morgan fingerprint density at radius 1 is 0.969 bits per heavy atom. The van der Waals surface area contributed by atoms with E-state index in [1.54, 1.807) is 24.3 Å². The first-order valence-electron chi connectivity index (χ1n) is 9.80. The summed E-state index contributed by atoms with van der Waals surface area (Å²) in [5, 5.41) is 3.87. The van der Waals surface area contributed by atoms with E-state index in [2.05, 4.69) is 15.3 Å². The van der Waals surface area contributed by atoms with Crippen LogP contribution in [0, 0.1) is 0 Å². The third kappa shape index (κ3) is 4.24. The highest BCUT2D eigenvalue weighted by Crippen LogP contribution is 2.38. The van der Waals surface area contributed by atoms with E-state index in [1.807, 2.05) is 41.1 Å². The summed E-state index contributed by atoms with van der Waals surface area (Å²) in [5.41, 5.74) is 1.74. The van der Waals surface area contributed by atoms with Crippen LogP contribution >= 0.6 is 0 Å². The van der Waals surface area contributed by atoms with Crippen molar-refractivity contribution in [3.8, 4) is 23.1 Å². The minimum atomic E-state index is -0.333. The molecule has 0 saturated heterocycles. The molecule has 4 rings (SSSR count). The summed E-state index contributed by atoms with van der Waals surface area (Å²) < 4.78 is 17.9. The Kier molecular flexibility index (Phi) is 6.03. The highest BCUT2D eigenvalue weighted by atomic mass is 16.5. The summed E-state index contributed by atoms with van der Waals surface area (Å²) in [5.74, 6) is 2.22. The molecule has 162 valence electrons. The predicted octanol–water partition coefficient (Wildman–Crippen LogP) is 4.10. The average molecular weight is 430 g/mol. The van der Waals surface area contributed by atoms with Crippen LogP contribution in [0.5, 0.6) is 17.2 Å². The number of carbonyl (C=O) groups excluding carboxylic acids is 1. The predicted molar refractivity (Wildman–Crippen MR) is 123 cm³/mol. The molecule has 2 heterocycles. The van der Waals surface area contributed by atoms with Gasteiger partial charge in [0.2, 0.25) is 11.7 Å². The molecule has 0 aliphatic rings. The second-order valence-corrected chi connectivity index (χ2v) is 6.79. The molecule has 0 bridgehead atoms. The van der Waals surface area contributed by atoms with Crippen LogP contribution in [0.3, 0.4) is 0 Å². The Balaban J connectivity index is 1.53. The van der Waals surface area contributed by atoms with E-state index in [1.165, 1.54) is 33.7 Å². The van der Waals surface area contributed by atoms with Crippen molar-refractivity contribution in [3.63, 3.8) is 0 Å². The number of nitrogens with zero attached hydrogens (tertiary/aromatic N) is 3. The maximum atomic E-state index is 12.5. The van der Waals surface area contributed by atoms with Crippen LogP contribution in [0.1, 0.15) is 5.56 Å². The van der Waals surface area contributed by atoms with Crippen molar-refractivity contribution in [2.45, 2.75) is 0 Å². The van der Waals surface area contributed by atoms with E-state index in [-0.39, 0.29) is 5.91 Å². The molecule has 4 aromatic rings. The lowest BCUT2D eigenvalue weighted by Crippen LogP contribution is -2.10. The van der Waals surface area contributed by atoms with Gasteiger partial charge in [-0.3, -0.25) is 4.79 Å². The molecule has 0 aliphatic heterocycles. The number of hydrogen-bond acceptors (Lipinski definition) is 6. The maximum absolute atomic E-state index is 12.5. The standard InChI is InChI=1S/C24H22N4O4/c1-30-19-12-16(13-20(31-2)24(19)32-3)8-9-23(29)27-21-14-22(26-15-25-21)28-11-10-17-6-4-5-7-18(17)28/h4-15H,1-3H3,(H,25,26,27,29). The molecule has 0 unspecified atom stereocenters. The molecule has 1 N–H and O–H groups in total. The SMILES string of the molecule is COc1cc(C=CC(=O)Nc2cc(-n3ccc4ccccc43)ncn2)cc(OC)c1OC. The summed E-state index contributed by atoms with van der Waals surface area (Å²) in [6, 6.07) is 15.2. The fraction of sp³-hybridized carbons (Fsp3) is 0.125. The minimum Gasteiger partial charge on any atom is -0.493 e. The zero-order chi connectivity index (χ0) is 22.5. The van der Waals surface area contributed by atoms with E-state index in [0.29, 0.717) is 28.9 Å². The van der Waals surface area contributed by atoms with Crippen molar-refractivity contribution < 1.29 is 19.0 Å². The number of fused-ring (bicyclic) bond motifs is 1. The lowest BCUT2D eigenvalue weighted by Gasteiger charge is -2.12. The normalized spacial score (nSPS) is 11.0. The van der Waals surface area contributed by atoms with Crippen LogP contribution in [-0.4, -0.2) is 41.8 Å². The number of methoxy groups -OCH3 is 3. The number of hydrogen-bond donors (Lipinski definition) is 1. The molecule has 8 heteroatoms. The Labute approximate surface area is 185 Å². The van der Waals surface area contributed by atoms with Gasteiger partial charge in [0, 0.05) is 18.3 Å². The summed E-state index contributed by atoms with van der Waals surface area (Å²) in [4.78, 5) is 21.0. The van der Waals surface area contributed by atoms with Crippen LogP contribution in [0.4, 0.5) is 5.82 Å². The van der Waals surface area contributed by atoms with Gasteiger partial charge in [0.1, 0.15) is 18.0 Å². The maximum Gasteiger partial charge on any atom is 0.249 e. The summed E-state index contributed by atoms with van der Waals surface area (Å²) in [6.45, 7) is 0. The molecule has 0 saturated carbocycles. The van der Waals surface area contributed by atoms with Gasteiger partial charge in [0.05, 0.1) is 26.8 Å². The van der Waals surface area contributed by atoms with Crippen molar-refractivity contribution in [2.24, 2.45) is 0 Å². The lowest BCUT2D eigenvalue weighted by atomic mass is 10.1. The molecule has 2 aromatic heterocycles. The Hall–Kier alpha value is -4.33. The summed E-state index contributed by atoms with van der Waals surface area (Å²) in [7, 11) is 4.62. The lowest BCUT2D eigenvalue weighted by molar-refractivity contribution is -0.111. The first kappa shape index (κ1) is 20.9. The van der Waals surface area contributed by atoms with E-state index in [9.17, 15) is 4.79 Å². The molecule has 0 atom stereocenters. The summed E-state index contributed by atoms with van der Waals surface area (Å²) in [6.07, 6.45) is 6.42. The number of ether oxygens (including phenoxy) is 3. The molecule has 0 radical (unpaired) electrons. The average Bonchev–Trinajstić information content (AvgIpc) is 3.26. The number of aromatic nitrogens is 3. The van der Waals surface area contributed by atoms with Crippen LogP contribution in [0.25, 0.3) is 22.8 Å². The zero-order valence-corrected chi connectivity index (χ0v) is 17.9. The minimum absolute atomic E-state index is 0.333. The zero-order valence-electron chi connectivity index (χ0n) is 17.9. The fourth-order valence-electron chi connectivity index (χ4n) is 3.37. The van der Waals surface area contributed by atoms with Crippen LogP contribution < -0.4 is 19.5 Å². The molecule has 1 amide bonds. The van der Waals surface area contributed by atoms with Crippen molar-refractivity contribution in [1.29, 1.82) is 0 Å². The number of para-hydroxylation sites is 1. The second kappa shape index (κ2) is 9.22. The molecule has 2 aromatic carbocycles. The fourth-order valence-corrected chi connectivity index (χ4v) is 3.37. The second-order valence-electron chi connectivity index (χ2n) is 6.79. The molecule has 0 aliphatic carbocycles. The molecule has 8 nitrogen and oxygen atoms in total. The molecular formula is C24H22N4O4. The number of amides is 1. The summed E-state index contributed by atoms with van der Waals surface area (Å²) >= 11 is 0. The van der Waals surface area contributed by atoms with Crippen LogP contribution in [-0.2, 0) is 4.79 Å². The van der Waals surface area contributed by atoms with Crippen molar-refractivity contribution >= 4 is 28.7 Å². The molecule has 0 fully saturated rings. The van der Waals surface area contributed by atoms with Gasteiger partial charge in [-0.1, -0.05) is 18.2 Å². The van der Waals surface area contributed by atoms with Gasteiger partial charge in [-0.2, -0.15) is 0 Å². The van der Waals surface area contributed by atoms with E-state index in [4.69, 9.17) is 14.2 Å². The largest absolute Gasteiger partial charge is 0.493 e. The van der Waals surface area contributed by atoms with Gasteiger partial charge in [-0.15, -0.1) is 0 Å². The number of carbonyl (C=O) groups is 1. The van der Waals surface area contributed by atoms with Gasteiger partial charge in [-0.25, -0.2) is 9.97 Å². The van der Waals surface area contributed by atoms with Gasteiger partial charge < -0.3 is 24.1 Å². The van der Waals surface area contributed by atoms with Crippen molar-refractivity contribution in [1.82, 2.24) is 14.5 Å². The quantitative estimate of drug-likeness (QED) is 0.444. The van der Waals surface area contributed by atoms with E-state index < -0.39 is 0 Å².